The fourth-order valence-electron chi connectivity index (χ4n) is 1.71. The first-order valence-electron chi connectivity index (χ1n) is 5.73. The third kappa shape index (κ3) is 2.93. The van der Waals surface area contributed by atoms with Crippen LogP contribution in [0.1, 0.15) is 16.1 Å². The third-order valence-corrected chi connectivity index (χ3v) is 2.73. The van der Waals surface area contributed by atoms with Crippen LogP contribution in [0.3, 0.4) is 0 Å². The molecule has 0 fully saturated rings. The molecule has 5 heteroatoms. The summed E-state index contributed by atoms with van der Waals surface area (Å²) in [6, 6.07) is 7.65. The van der Waals surface area contributed by atoms with Crippen LogP contribution in [0.2, 0.25) is 0 Å². The van der Waals surface area contributed by atoms with Crippen LogP contribution in [0.4, 0.5) is 4.39 Å². The molecule has 2 aromatic rings. The zero-order valence-corrected chi connectivity index (χ0v) is 10.7. The van der Waals surface area contributed by atoms with Crippen molar-refractivity contribution in [3.8, 4) is 5.75 Å². The summed E-state index contributed by atoms with van der Waals surface area (Å²) in [6.45, 7) is 0.289. The van der Waals surface area contributed by atoms with Gasteiger partial charge >= 0.3 is 0 Å². The van der Waals surface area contributed by atoms with Crippen molar-refractivity contribution in [3.63, 3.8) is 0 Å². The minimum atomic E-state index is -0.601. The van der Waals surface area contributed by atoms with Crippen LogP contribution in [0.25, 0.3) is 0 Å². The Balaban J connectivity index is 2.14. The second-order valence-corrected chi connectivity index (χ2v) is 4.09. The molecular formula is C14H14FNO3. The van der Waals surface area contributed by atoms with E-state index in [1.165, 1.54) is 30.4 Å². The van der Waals surface area contributed by atoms with E-state index in [1.807, 2.05) is 0 Å². The predicted molar refractivity (Wildman–Crippen MR) is 67.5 cm³/mol. The molecule has 0 aliphatic carbocycles. The van der Waals surface area contributed by atoms with Gasteiger partial charge in [0.15, 0.2) is 0 Å². The molecule has 0 aliphatic rings. The maximum absolute atomic E-state index is 13.8. The maximum Gasteiger partial charge on any atom is 0.256 e. The summed E-state index contributed by atoms with van der Waals surface area (Å²) in [6.07, 6.45) is 1.53. The van der Waals surface area contributed by atoms with Crippen molar-refractivity contribution in [2.24, 2.45) is 0 Å². The molecule has 1 aromatic heterocycles. The van der Waals surface area contributed by atoms with Crippen molar-refractivity contribution < 1.29 is 18.3 Å². The number of amides is 1. The van der Waals surface area contributed by atoms with Gasteiger partial charge in [-0.15, -0.1) is 0 Å². The number of hydrogen-bond donors (Lipinski definition) is 0. The molecule has 0 unspecified atom stereocenters. The van der Waals surface area contributed by atoms with E-state index < -0.39 is 11.7 Å². The number of carbonyl (C=O) groups excluding carboxylic acids is 1. The predicted octanol–water partition coefficient (Wildman–Crippen LogP) is 2.70. The second-order valence-electron chi connectivity index (χ2n) is 4.09. The lowest BCUT2D eigenvalue weighted by Crippen LogP contribution is -2.26. The van der Waals surface area contributed by atoms with Crippen LogP contribution < -0.4 is 4.74 Å². The molecule has 0 aliphatic heterocycles. The van der Waals surface area contributed by atoms with Gasteiger partial charge < -0.3 is 14.1 Å². The van der Waals surface area contributed by atoms with Gasteiger partial charge in [0, 0.05) is 13.1 Å². The minimum absolute atomic E-state index is 0.00913. The Morgan fingerprint density at radius 1 is 1.42 bits per heavy atom. The normalized spacial score (nSPS) is 10.3. The zero-order chi connectivity index (χ0) is 13.8. The molecule has 0 radical (unpaired) electrons. The van der Waals surface area contributed by atoms with E-state index in [2.05, 4.69) is 0 Å². The number of furan rings is 1. The van der Waals surface area contributed by atoms with E-state index >= 15 is 0 Å². The van der Waals surface area contributed by atoms with Crippen molar-refractivity contribution in [1.82, 2.24) is 4.90 Å². The molecule has 1 aromatic carbocycles. The lowest BCUT2D eigenvalue weighted by atomic mass is 10.1. The summed E-state index contributed by atoms with van der Waals surface area (Å²) in [4.78, 5) is 13.5. The molecule has 0 spiro atoms. The molecule has 0 saturated carbocycles. The molecule has 0 atom stereocenters. The van der Waals surface area contributed by atoms with E-state index in [1.54, 1.807) is 25.2 Å². The van der Waals surface area contributed by atoms with Gasteiger partial charge in [-0.1, -0.05) is 0 Å². The number of hydrogen-bond acceptors (Lipinski definition) is 3. The number of nitrogens with zero attached hydrogens (tertiary/aromatic N) is 1. The molecule has 19 heavy (non-hydrogen) atoms. The van der Waals surface area contributed by atoms with E-state index in [4.69, 9.17) is 9.15 Å². The van der Waals surface area contributed by atoms with Crippen LogP contribution in [0.15, 0.2) is 41.0 Å². The lowest BCUT2D eigenvalue weighted by Gasteiger charge is -2.16. The molecule has 2 rings (SSSR count). The van der Waals surface area contributed by atoms with E-state index in [0.29, 0.717) is 11.5 Å². The topological polar surface area (TPSA) is 42.7 Å². The van der Waals surface area contributed by atoms with Crippen molar-refractivity contribution in [3.05, 3.63) is 53.7 Å². The van der Waals surface area contributed by atoms with E-state index in [-0.39, 0.29) is 12.1 Å². The van der Waals surface area contributed by atoms with Crippen molar-refractivity contribution in [2.75, 3.05) is 14.2 Å². The smallest absolute Gasteiger partial charge is 0.256 e. The molecule has 1 heterocycles. The Labute approximate surface area is 110 Å². The highest BCUT2D eigenvalue weighted by atomic mass is 19.1. The van der Waals surface area contributed by atoms with Crippen LogP contribution in [0, 0.1) is 5.82 Å². The van der Waals surface area contributed by atoms with Crippen molar-refractivity contribution >= 4 is 5.91 Å². The molecule has 100 valence electrons. The summed E-state index contributed by atoms with van der Waals surface area (Å²) in [7, 11) is 3.04. The average Bonchev–Trinajstić information content (AvgIpc) is 2.90. The molecule has 1 amide bonds. The van der Waals surface area contributed by atoms with Crippen LogP contribution in [-0.4, -0.2) is 25.0 Å². The van der Waals surface area contributed by atoms with Gasteiger partial charge in [0.25, 0.3) is 5.91 Å². The Bertz CT molecular complexity index is 566. The van der Waals surface area contributed by atoms with Gasteiger partial charge in [-0.05, 0) is 24.3 Å². The Morgan fingerprint density at radius 2 is 2.21 bits per heavy atom. The van der Waals surface area contributed by atoms with Gasteiger partial charge in [0.05, 0.1) is 25.5 Å². The highest BCUT2D eigenvalue weighted by Crippen LogP contribution is 2.18. The van der Waals surface area contributed by atoms with Gasteiger partial charge in [-0.2, -0.15) is 0 Å². The summed E-state index contributed by atoms with van der Waals surface area (Å²) in [5.41, 5.74) is 0.00913. The Morgan fingerprint density at radius 3 is 2.79 bits per heavy atom. The fourth-order valence-corrected chi connectivity index (χ4v) is 1.71. The molecule has 0 bridgehead atoms. The third-order valence-electron chi connectivity index (χ3n) is 2.73. The first-order valence-corrected chi connectivity index (χ1v) is 5.73. The Hall–Kier alpha value is -2.30. The number of carbonyl (C=O) groups is 1. The lowest BCUT2D eigenvalue weighted by molar-refractivity contribution is 0.0770. The molecule has 4 nitrogen and oxygen atoms in total. The number of methoxy groups -OCH3 is 1. The first kappa shape index (κ1) is 13.1. The van der Waals surface area contributed by atoms with Gasteiger partial charge in [0.1, 0.15) is 17.3 Å². The highest BCUT2D eigenvalue weighted by molar-refractivity contribution is 5.94. The second kappa shape index (κ2) is 5.56. The Kier molecular flexibility index (Phi) is 3.85. The standard InChI is InChI=1S/C14H14FNO3/c1-16(9-11-4-3-7-19-11)14(17)12-6-5-10(18-2)8-13(12)15/h3-8H,9H2,1-2H3. The van der Waals surface area contributed by atoms with Gasteiger partial charge in [-0.3, -0.25) is 4.79 Å². The number of rotatable bonds is 4. The van der Waals surface area contributed by atoms with Crippen LogP contribution in [-0.2, 0) is 6.54 Å². The van der Waals surface area contributed by atoms with E-state index in [9.17, 15) is 9.18 Å². The molecule has 0 N–H and O–H groups in total. The van der Waals surface area contributed by atoms with Crippen molar-refractivity contribution in [2.45, 2.75) is 6.54 Å². The quantitative estimate of drug-likeness (QED) is 0.851. The van der Waals surface area contributed by atoms with Gasteiger partial charge in [-0.25, -0.2) is 4.39 Å². The van der Waals surface area contributed by atoms with Crippen LogP contribution in [0.5, 0.6) is 5.75 Å². The summed E-state index contributed by atoms with van der Waals surface area (Å²) in [5, 5.41) is 0. The number of halogens is 1. The number of ether oxygens (including phenoxy) is 1. The maximum atomic E-state index is 13.8. The highest BCUT2D eigenvalue weighted by Gasteiger charge is 2.17. The summed E-state index contributed by atoms with van der Waals surface area (Å²) in [5.74, 6) is 0.0136. The average molecular weight is 263 g/mol. The molecular weight excluding hydrogens is 249 g/mol. The SMILES string of the molecule is COc1ccc(C(=O)N(C)Cc2ccco2)c(F)c1. The fraction of sp³-hybridized carbons (Fsp3) is 0.214. The largest absolute Gasteiger partial charge is 0.497 e. The first-order chi connectivity index (χ1) is 9.11. The summed E-state index contributed by atoms with van der Waals surface area (Å²) >= 11 is 0. The van der Waals surface area contributed by atoms with Crippen molar-refractivity contribution in [1.29, 1.82) is 0 Å². The monoisotopic (exact) mass is 263 g/mol. The van der Waals surface area contributed by atoms with Gasteiger partial charge in [0.2, 0.25) is 0 Å². The minimum Gasteiger partial charge on any atom is -0.497 e. The van der Waals surface area contributed by atoms with E-state index in [0.717, 1.165) is 0 Å². The summed E-state index contributed by atoms with van der Waals surface area (Å²) < 4.78 is 23.8. The zero-order valence-electron chi connectivity index (χ0n) is 10.7. The molecule has 0 saturated heterocycles. The van der Waals surface area contributed by atoms with Crippen LogP contribution >= 0.6 is 0 Å². The number of benzene rings is 1.